The molecule has 0 fully saturated rings. The first-order valence-corrected chi connectivity index (χ1v) is 11.6. The molecule has 0 N–H and O–H groups in total. The van der Waals surface area contributed by atoms with Gasteiger partial charge in [0.25, 0.3) is 0 Å². The Hall–Kier alpha value is -2.70. The van der Waals surface area contributed by atoms with Crippen molar-refractivity contribution in [3.8, 4) is 0 Å². The fourth-order valence-corrected chi connectivity index (χ4v) is 4.30. The summed E-state index contributed by atoms with van der Waals surface area (Å²) < 4.78 is 25.0. The maximum atomic E-state index is 13.0. The van der Waals surface area contributed by atoms with Gasteiger partial charge in [-0.25, -0.2) is 8.42 Å². The monoisotopic (exact) mass is 443 g/mol. The Labute approximate surface area is 180 Å². The molecule has 0 aliphatic rings. The second-order valence-electron chi connectivity index (χ2n) is 7.39. The smallest absolute Gasteiger partial charge is 0.250 e. The zero-order valence-corrected chi connectivity index (χ0v) is 18.5. The second kappa shape index (κ2) is 8.58. The molecule has 0 aliphatic heterocycles. The first-order valence-electron chi connectivity index (χ1n) is 9.32. The third kappa shape index (κ3) is 4.89. The van der Waals surface area contributed by atoms with Crippen molar-refractivity contribution in [3.05, 3.63) is 98.4 Å². The van der Waals surface area contributed by atoms with Crippen LogP contribution in [-0.2, 0) is 16.9 Å². The lowest BCUT2D eigenvalue weighted by atomic mass is 9.84. The van der Waals surface area contributed by atoms with Gasteiger partial charge in [-0.05, 0) is 53.9 Å². The van der Waals surface area contributed by atoms with Crippen LogP contribution in [0, 0.1) is 6.92 Å². The van der Waals surface area contributed by atoms with E-state index in [-0.39, 0.29) is 28.6 Å². The molecule has 3 rings (SSSR count). The lowest BCUT2D eigenvalue weighted by Crippen LogP contribution is -2.17. The average molecular weight is 444 g/mol. The van der Waals surface area contributed by atoms with E-state index < -0.39 is 9.84 Å². The summed E-state index contributed by atoms with van der Waals surface area (Å²) in [6.07, 6.45) is 2.86. The van der Waals surface area contributed by atoms with E-state index in [4.69, 9.17) is 11.6 Å². The number of pyridine rings is 1. The number of carbonyl (C=O) groups is 1. The lowest BCUT2D eigenvalue weighted by Gasteiger charge is -2.20. The van der Waals surface area contributed by atoms with Crippen LogP contribution in [0.2, 0.25) is 5.02 Å². The first-order chi connectivity index (χ1) is 14.1. The number of rotatable bonds is 6. The Balaban J connectivity index is 2.04. The molecule has 1 unspecified atom stereocenters. The molecule has 0 saturated heterocycles. The number of aryl methyl sites for hydroxylation is 2. The van der Waals surface area contributed by atoms with Gasteiger partial charge in [0.2, 0.25) is 5.56 Å². The van der Waals surface area contributed by atoms with Crippen LogP contribution in [-0.4, -0.2) is 25.0 Å². The molecule has 1 heterocycles. The number of nitrogens with zero attached hydrogens (tertiary/aromatic N) is 1. The van der Waals surface area contributed by atoms with Gasteiger partial charge in [0.1, 0.15) is 0 Å². The normalized spacial score (nSPS) is 12.5. The molecule has 0 saturated carbocycles. The molecule has 0 aliphatic carbocycles. The molecule has 2 aromatic carbocycles. The predicted octanol–water partition coefficient (Wildman–Crippen LogP) is 4.16. The number of ketones is 1. The maximum absolute atomic E-state index is 13.0. The molecular weight excluding hydrogens is 422 g/mol. The fourth-order valence-electron chi connectivity index (χ4n) is 3.45. The molecule has 0 bridgehead atoms. The molecule has 0 spiro atoms. The summed E-state index contributed by atoms with van der Waals surface area (Å²) in [6, 6.07) is 15.0. The second-order valence-corrected chi connectivity index (χ2v) is 9.84. The number of aromatic nitrogens is 1. The van der Waals surface area contributed by atoms with E-state index >= 15 is 0 Å². The molecular formula is C23H22ClNO4S. The SMILES string of the molecule is Cc1cc(Cl)ccc1C(CC(=O)c1ccc(=O)n(C)c1)c1ccc(S(C)(=O)=O)cc1. The van der Waals surface area contributed by atoms with Crippen molar-refractivity contribution >= 4 is 27.2 Å². The van der Waals surface area contributed by atoms with E-state index in [1.165, 1.54) is 22.9 Å². The maximum Gasteiger partial charge on any atom is 0.250 e. The van der Waals surface area contributed by atoms with Crippen molar-refractivity contribution in [2.24, 2.45) is 7.05 Å². The highest BCUT2D eigenvalue weighted by atomic mass is 35.5. The summed E-state index contributed by atoms with van der Waals surface area (Å²) in [6.45, 7) is 1.93. The number of hydrogen-bond acceptors (Lipinski definition) is 4. The van der Waals surface area contributed by atoms with Crippen molar-refractivity contribution in [2.75, 3.05) is 6.26 Å². The van der Waals surface area contributed by atoms with Gasteiger partial charge < -0.3 is 4.57 Å². The summed E-state index contributed by atoms with van der Waals surface area (Å²) in [5.41, 5.74) is 2.96. The largest absolute Gasteiger partial charge is 0.318 e. The molecule has 156 valence electrons. The molecule has 3 aromatic rings. The van der Waals surface area contributed by atoms with Crippen LogP contribution in [0.15, 0.2) is 70.5 Å². The number of sulfone groups is 1. The van der Waals surface area contributed by atoms with Gasteiger partial charge in [0.05, 0.1) is 4.90 Å². The summed E-state index contributed by atoms with van der Waals surface area (Å²) >= 11 is 6.11. The summed E-state index contributed by atoms with van der Waals surface area (Å²) in [5, 5.41) is 0.604. The van der Waals surface area contributed by atoms with Crippen LogP contribution in [0.3, 0.4) is 0 Å². The van der Waals surface area contributed by atoms with E-state index in [9.17, 15) is 18.0 Å². The van der Waals surface area contributed by atoms with Crippen molar-refractivity contribution in [1.82, 2.24) is 4.57 Å². The molecule has 5 nitrogen and oxygen atoms in total. The van der Waals surface area contributed by atoms with E-state index in [0.29, 0.717) is 10.6 Å². The van der Waals surface area contributed by atoms with Gasteiger partial charge in [-0.2, -0.15) is 0 Å². The highest BCUT2D eigenvalue weighted by Crippen LogP contribution is 2.33. The van der Waals surface area contributed by atoms with E-state index in [1.54, 1.807) is 37.4 Å². The Bertz CT molecular complexity index is 1260. The third-order valence-corrected chi connectivity index (χ3v) is 6.48. The van der Waals surface area contributed by atoms with Crippen molar-refractivity contribution in [3.63, 3.8) is 0 Å². The van der Waals surface area contributed by atoms with Crippen LogP contribution >= 0.6 is 11.6 Å². The van der Waals surface area contributed by atoms with Crippen molar-refractivity contribution in [1.29, 1.82) is 0 Å². The van der Waals surface area contributed by atoms with Crippen LogP contribution < -0.4 is 5.56 Å². The molecule has 1 atom stereocenters. The topological polar surface area (TPSA) is 73.2 Å². The van der Waals surface area contributed by atoms with Crippen LogP contribution in [0.5, 0.6) is 0 Å². The van der Waals surface area contributed by atoms with Gasteiger partial charge in [0.15, 0.2) is 15.6 Å². The molecule has 0 radical (unpaired) electrons. The minimum absolute atomic E-state index is 0.114. The Kier molecular flexibility index (Phi) is 6.29. The zero-order valence-electron chi connectivity index (χ0n) is 16.9. The Morgan fingerprint density at radius 2 is 1.73 bits per heavy atom. The van der Waals surface area contributed by atoms with E-state index in [2.05, 4.69) is 0 Å². The number of hydrogen-bond donors (Lipinski definition) is 0. The van der Waals surface area contributed by atoms with Crippen molar-refractivity contribution in [2.45, 2.75) is 24.2 Å². The van der Waals surface area contributed by atoms with Gasteiger partial charge in [-0.3, -0.25) is 9.59 Å². The molecule has 30 heavy (non-hydrogen) atoms. The number of benzene rings is 2. The Morgan fingerprint density at radius 3 is 2.30 bits per heavy atom. The fraction of sp³-hybridized carbons (Fsp3) is 0.217. The predicted molar refractivity (Wildman–Crippen MR) is 118 cm³/mol. The van der Waals surface area contributed by atoms with Crippen LogP contribution in [0.1, 0.15) is 39.4 Å². The minimum Gasteiger partial charge on any atom is -0.318 e. The van der Waals surface area contributed by atoms with Gasteiger partial charge >= 0.3 is 0 Å². The molecule has 7 heteroatoms. The van der Waals surface area contributed by atoms with E-state index in [0.717, 1.165) is 22.9 Å². The van der Waals surface area contributed by atoms with Crippen molar-refractivity contribution < 1.29 is 13.2 Å². The third-order valence-electron chi connectivity index (χ3n) is 5.12. The minimum atomic E-state index is -3.32. The summed E-state index contributed by atoms with van der Waals surface area (Å²) in [7, 11) is -1.71. The number of carbonyl (C=O) groups excluding carboxylic acids is 1. The van der Waals surface area contributed by atoms with E-state index in [1.807, 2.05) is 19.1 Å². The highest BCUT2D eigenvalue weighted by Gasteiger charge is 2.22. The van der Waals surface area contributed by atoms with Crippen LogP contribution in [0.25, 0.3) is 0 Å². The highest BCUT2D eigenvalue weighted by molar-refractivity contribution is 7.90. The van der Waals surface area contributed by atoms with Gasteiger partial charge in [-0.15, -0.1) is 0 Å². The number of halogens is 1. The zero-order chi connectivity index (χ0) is 22.1. The number of Topliss-reactive ketones (excluding diaryl/α,β-unsaturated/α-hetero) is 1. The van der Waals surface area contributed by atoms with Crippen LogP contribution in [0.4, 0.5) is 0 Å². The molecule has 1 aromatic heterocycles. The quantitative estimate of drug-likeness (QED) is 0.536. The molecule has 0 amide bonds. The first kappa shape index (κ1) is 22.0. The lowest BCUT2D eigenvalue weighted by molar-refractivity contribution is 0.0977. The summed E-state index contributed by atoms with van der Waals surface area (Å²) in [5.74, 6) is -0.405. The van der Waals surface area contributed by atoms with Gasteiger partial charge in [0, 0.05) is 48.5 Å². The summed E-state index contributed by atoms with van der Waals surface area (Å²) in [4.78, 5) is 24.9. The average Bonchev–Trinajstić information content (AvgIpc) is 2.68. The van der Waals surface area contributed by atoms with Gasteiger partial charge in [-0.1, -0.05) is 29.8 Å². The Morgan fingerprint density at radius 1 is 1.07 bits per heavy atom. The standard InChI is InChI=1S/C23H22ClNO4S/c1-15-12-18(24)7-10-20(15)21(16-4-8-19(9-5-16)30(3,28)29)13-22(26)17-6-11-23(27)25(2)14-17/h4-12,14,21H,13H2,1-3H3.